The van der Waals surface area contributed by atoms with Crippen LogP contribution in [0.4, 0.5) is 13.2 Å². The number of rotatable bonds is 1. The van der Waals surface area contributed by atoms with Gasteiger partial charge in [0.15, 0.2) is 5.69 Å². The molecule has 2 rings (SSSR count). The molecule has 1 aliphatic carbocycles. The van der Waals surface area contributed by atoms with E-state index in [1.54, 1.807) is 12.2 Å². The molecule has 0 fully saturated rings. The maximum atomic E-state index is 12.5. The minimum atomic E-state index is -4.38. The number of nitrogens with zero attached hydrogens (tertiary/aromatic N) is 2. The predicted octanol–water partition coefficient (Wildman–Crippen LogP) is 0.638. The molecule has 0 radical (unpaired) electrons. The zero-order chi connectivity index (χ0) is 12.6. The molecule has 0 aliphatic heterocycles. The summed E-state index contributed by atoms with van der Waals surface area (Å²) in [5.41, 5.74) is 6.28. The molecule has 0 unspecified atom stereocenters. The van der Waals surface area contributed by atoms with E-state index in [1.807, 2.05) is 0 Å². The first-order valence-corrected chi connectivity index (χ1v) is 6.17. The van der Waals surface area contributed by atoms with Crippen LogP contribution in [0.25, 0.3) is 5.70 Å². The second-order valence-electron chi connectivity index (χ2n) is 3.98. The quantitative estimate of drug-likeness (QED) is 0.750. The van der Waals surface area contributed by atoms with E-state index in [0.717, 1.165) is 17.5 Å². The standard InChI is InChI=1S/C10H9F3N3.Al.2H/c11-10(12,13)9-5-6-16(15-9)8-3-1-7(14)2-4-8;;;/h1,3,5H,2,4,14H2;;;. The maximum Gasteiger partial charge on any atom is 0.435 e. The molecule has 7 heteroatoms. The average Bonchev–Trinajstić information content (AvgIpc) is 2.61. The fourth-order valence-electron chi connectivity index (χ4n) is 1.72. The first-order chi connectivity index (χ1) is 7.88. The average molecular weight is 257 g/mol. The lowest BCUT2D eigenvalue weighted by Gasteiger charge is -2.13. The molecule has 0 aromatic carbocycles. The summed E-state index contributed by atoms with van der Waals surface area (Å²) in [5, 5.41) is 3.62. The summed E-state index contributed by atoms with van der Waals surface area (Å²) in [6.07, 6.45) is 0.348. The SMILES string of the molecule is NC1=CC=C(n2nc(C(F)(F)F)c[c]2[AlH2])CC1. The molecule has 1 aliphatic rings. The predicted molar refractivity (Wildman–Crippen MR) is 61.2 cm³/mol. The third kappa shape index (κ3) is 2.56. The molecule has 90 valence electrons. The smallest absolute Gasteiger partial charge is 0.402 e. The molecule has 1 heterocycles. The summed E-state index contributed by atoms with van der Waals surface area (Å²) >= 11 is 0.516. The van der Waals surface area contributed by atoms with Crippen LogP contribution in [0.2, 0.25) is 0 Å². The Bertz CT molecular complexity index is 499. The van der Waals surface area contributed by atoms with E-state index >= 15 is 0 Å². The molecular weight excluding hydrogens is 246 g/mol. The lowest BCUT2D eigenvalue weighted by Crippen LogP contribution is -2.19. The van der Waals surface area contributed by atoms with E-state index < -0.39 is 11.9 Å². The molecule has 1 aromatic rings. The van der Waals surface area contributed by atoms with E-state index in [9.17, 15) is 13.2 Å². The fraction of sp³-hybridized carbons (Fsp3) is 0.300. The van der Waals surface area contributed by atoms with Crippen molar-refractivity contribution in [2.24, 2.45) is 5.73 Å². The van der Waals surface area contributed by atoms with Crippen molar-refractivity contribution in [1.29, 1.82) is 0 Å². The van der Waals surface area contributed by atoms with Gasteiger partial charge in [-0.3, -0.25) is 4.68 Å². The van der Waals surface area contributed by atoms with Gasteiger partial charge in [-0.1, -0.05) is 0 Å². The molecule has 0 atom stereocenters. The van der Waals surface area contributed by atoms with Gasteiger partial charge in [0.05, 0.1) is 0 Å². The Morgan fingerprint density at radius 2 is 2.00 bits per heavy atom. The van der Waals surface area contributed by atoms with Crippen LogP contribution in [-0.2, 0) is 6.18 Å². The second-order valence-corrected chi connectivity index (χ2v) is 5.00. The zero-order valence-corrected chi connectivity index (χ0v) is 11.3. The zero-order valence-electron chi connectivity index (χ0n) is 9.25. The van der Waals surface area contributed by atoms with E-state index in [0.29, 0.717) is 33.7 Å². The maximum absolute atomic E-state index is 12.5. The normalized spacial score (nSPS) is 16.6. The molecule has 0 bridgehead atoms. The largest absolute Gasteiger partial charge is 0.435 e. The van der Waals surface area contributed by atoms with Gasteiger partial charge in [-0.25, -0.2) is 0 Å². The van der Waals surface area contributed by atoms with Crippen molar-refractivity contribution in [2.45, 2.75) is 19.0 Å². The van der Waals surface area contributed by atoms with Crippen LogP contribution in [0.5, 0.6) is 0 Å². The Morgan fingerprint density at radius 3 is 2.47 bits per heavy atom. The van der Waals surface area contributed by atoms with Crippen molar-refractivity contribution in [3.63, 3.8) is 0 Å². The summed E-state index contributed by atoms with van der Waals surface area (Å²) in [5.74, 6) is 0. The molecule has 3 nitrogen and oxygen atoms in total. The van der Waals surface area contributed by atoms with Gasteiger partial charge in [-0.05, 0) is 35.6 Å². The first-order valence-electron chi connectivity index (χ1n) is 5.17. The van der Waals surface area contributed by atoms with Crippen molar-refractivity contribution < 1.29 is 13.2 Å². The van der Waals surface area contributed by atoms with Crippen molar-refractivity contribution >= 4 is 26.5 Å². The van der Waals surface area contributed by atoms with Crippen molar-refractivity contribution in [2.75, 3.05) is 0 Å². The number of alkyl halides is 3. The Morgan fingerprint density at radius 1 is 1.29 bits per heavy atom. The Labute approximate surface area is 104 Å². The summed E-state index contributed by atoms with van der Waals surface area (Å²) in [6, 6.07) is 1.11. The van der Waals surface area contributed by atoms with Crippen molar-refractivity contribution in [3.05, 3.63) is 29.6 Å². The van der Waals surface area contributed by atoms with Gasteiger partial charge in [0.2, 0.25) is 0 Å². The highest BCUT2D eigenvalue weighted by Crippen LogP contribution is 2.28. The van der Waals surface area contributed by atoms with Crippen LogP contribution in [0, 0.1) is 0 Å². The van der Waals surface area contributed by atoms with Crippen LogP contribution in [-0.4, -0.2) is 26.1 Å². The highest BCUT2D eigenvalue weighted by molar-refractivity contribution is 6.31. The molecule has 0 saturated heterocycles. The number of aromatic nitrogens is 2. The molecule has 0 saturated carbocycles. The molecule has 0 spiro atoms. The van der Waals surface area contributed by atoms with Gasteiger partial charge in [0, 0.05) is 11.4 Å². The lowest BCUT2D eigenvalue weighted by molar-refractivity contribution is -0.141. The highest BCUT2D eigenvalue weighted by atomic mass is 27.0. The summed E-state index contributed by atoms with van der Waals surface area (Å²) in [7, 11) is 0. The summed E-state index contributed by atoms with van der Waals surface area (Å²) in [4.78, 5) is 0. The van der Waals surface area contributed by atoms with Crippen LogP contribution >= 0.6 is 0 Å². The second kappa shape index (κ2) is 4.24. The van der Waals surface area contributed by atoms with Gasteiger partial charge < -0.3 is 5.73 Å². The van der Waals surface area contributed by atoms with Crippen molar-refractivity contribution in [3.8, 4) is 0 Å². The van der Waals surface area contributed by atoms with Gasteiger partial charge in [0.1, 0.15) is 0 Å². The highest BCUT2D eigenvalue weighted by Gasteiger charge is 2.34. The number of allylic oxidation sites excluding steroid dienone is 4. The fourth-order valence-corrected chi connectivity index (χ4v) is 2.38. The Balaban J connectivity index is 2.38. The molecule has 0 amide bonds. The number of nitrogens with two attached hydrogens (primary N) is 1. The summed E-state index contributed by atoms with van der Waals surface area (Å²) in [6.45, 7) is 0. The van der Waals surface area contributed by atoms with E-state index in [-0.39, 0.29) is 0 Å². The minimum absolute atomic E-state index is 0.516. The third-order valence-electron chi connectivity index (χ3n) is 2.61. The molecular formula is C10H11AlF3N3. The van der Waals surface area contributed by atoms with E-state index in [1.165, 1.54) is 4.68 Å². The van der Waals surface area contributed by atoms with Gasteiger partial charge in [-0.2, -0.15) is 18.3 Å². The van der Waals surface area contributed by atoms with Crippen LogP contribution in [0.3, 0.4) is 0 Å². The lowest BCUT2D eigenvalue weighted by atomic mass is 10.1. The van der Waals surface area contributed by atoms with Crippen molar-refractivity contribution in [1.82, 2.24) is 9.78 Å². The Kier molecular flexibility index (Phi) is 3.06. The monoisotopic (exact) mass is 257 g/mol. The van der Waals surface area contributed by atoms with Crippen LogP contribution in [0.1, 0.15) is 18.5 Å². The Hall–Kier alpha value is -1.19. The minimum Gasteiger partial charge on any atom is -0.402 e. The van der Waals surface area contributed by atoms with E-state index in [2.05, 4.69) is 5.10 Å². The van der Waals surface area contributed by atoms with Crippen LogP contribution in [0.15, 0.2) is 23.9 Å². The number of halogens is 3. The molecule has 1 aromatic heterocycles. The van der Waals surface area contributed by atoms with Gasteiger partial charge >= 0.3 is 6.18 Å². The van der Waals surface area contributed by atoms with E-state index in [4.69, 9.17) is 5.73 Å². The number of hydrogen-bond donors (Lipinski definition) is 1. The molecule has 17 heavy (non-hydrogen) atoms. The topological polar surface area (TPSA) is 43.8 Å². The number of hydrogen-bond acceptors (Lipinski definition) is 2. The third-order valence-corrected chi connectivity index (χ3v) is 3.32. The first kappa shape index (κ1) is 12.3. The van der Waals surface area contributed by atoms with Gasteiger partial charge in [-0.15, -0.1) is 0 Å². The van der Waals surface area contributed by atoms with Gasteiger partial charge in [0.25, 0.3) is 16.3 Å². The summed E-state index contributed by atoms with van der Waals surface area (Å²) < 4.78 is 39.5. The van der Waals surface area contributed by atoms with Crippen LogP contribution < -0.4 is 10.3 Å². The molecule has 2 N–H and O–H groups in total.